The van der Waals surface area contributed by atoms with E-state index in [4.69, 9.17) is 4.42 Å². The summed E-state index contributed by atoms with van der Waals surface area (Å²) in [6.45, 7) is 4.72. The average molecular weight is 604 g/mol. The SMILES string of the molecule is CC1(C)c2cc(-c3ccccc3)ccc2-c2ccc(N(c3ccccc3)c3ccc(-c4ccc5oc6ccccc6c5c4)cc3)cc21. The molecule has 0 saturated carbocycles. The summed E-state index contributed by atoms with van der Waals surface area (Å²) in [6, 6.07) is 58.9. The Morgan fingerprint density at radius 3 is 1.72 bits per heavy atom. The molecule has 2 nitrogen and oxygen atoms in total. The van der Waals surface area contributed by atoms with Crippen molar-refractivity contribution >= 4 is 39.0 Å². The zero-order valence-electron chi connectivity index (χ0n) is 26.4. The predicted octanol–water partition coefficient (Wildman–Crippen LogP) is 12.7. The van der Waals surface area contributed by atoms with Crippen LogP contribution in [0.2, 0.25) is 0 Å². The maximum absolute atomic E-state index is 6.08. The van der Waals surface area contributed by atoms with Gasteiger partial charge < -0.3 is 9.32 Å². The molecule has 8 aromatic rings. The van der Waals surface area contributed by atoms with Crippen molar-refractivity contribution in [3.8, 4) is 33.4 Å². The van der Waals surface area contributed by atoms with Gasteiger partial charge in [0.05, 0.1) is 0 Å². The first kappa shape index (κ1) is 27.5. The van der Waals surface area contributed by atoms with Crippen molar-refractivity contribution in [2.75, 3.05) is 4.90 Å². The van der Waals surface area contributed by atoms with Crippen LogP contribution in [-0.4, -0.2) is 0 Å². The fraction of sp³-hybridized carbons (Fsp3) is 0.0667. The van der Waals surface area contributed by atoms with Gasteiger partial charge in [0.1, 0.15) is 11.2 Å². The predicted molar refractivity (Wildman–Crippen MR) is 197 cm³/mol. The zero-order valence-corrected chi connectivity index (χ0v) is 26.4. The van der Waals surface area contributed by atoms with E-state index in [1.807, 2.05) is 12.1 Å². The highest BCUT2D eigenvalue weighted by Gasteiger charge is 2.36. The molecule has 9 rings (SSSR count). The minimum Gasteiger partial charge on any atom is -0.456 e. The van der Waals surface area contributed by atoms with E-state index in [2.05, 4.69) is 170 Å². The van der Waals surface area contributed by atoms with Crippen LogP contribution in [0.1, 0.15) is 25.0 Å². The molecule has 7 aromatic carbocycles. The topological polar surface area (TPSA) is 16.4 Å². The number of fused-ring (bicyclic) bond motifs is 6. The molecule has 0 aliphatic heterocycles. The standard InChI is InChI=1S/C45H33NO/c1-45(2)41-28-33(30-11-5-3-6-12-30)19-24-37(41)38-25-23-36(29-42(38)45)46(34-13-7-4-8-14-34)35-21-17-31(18-22-35)32-20-26-44-40(27-32)39-15-9-10-16-43(39)47-44/h3-29H,1-2H3. The number of hydrogen-bond acceptors (Lipinski definition) is 2. The lowest BCUT2D eigenvalue weighted by Gasteiger charge is -2.28. The highest BCUT2D eigenvalue weighted by atomic mass is 16.3. The summed E-state index contributed by atoms with van der Waals surface area (Å²) in [5.41, 5.74) is 15.3. The highest BCUT2D eigenvalue weighted by molar-refractivity contribution is 6.06. The molecule has 0 radical (unpaired) electrons. The van der Waals surface area contributed by atoms with Gasteiger partial charge in [-0.2, -0.15) is 0 Å². The van der Waals surface area contributed by atoms with Gasteiger partial charge in [0.15, 0.2) is 0 Å². The number of benzene rings is 7. The molecule has 1 aliphatic carbocycles. The number of furan rings is 1. The molecular formula is C45H33NO. The minimum absolute atomic E-state index is 0.131. The smallest absolute Gasteiger partial charge is 0.135 e. The van der Waals surface area contributed by atoms with Gasteiger partial charge in [-0.25, -0.2) is 0 Å². The number of nitrogens with zero attached hydrogens (tertiary/aromatic N) is 1. The molecule has 0 unspecified atom stereocenters. The first-order valence-electron chi connectivity index (χ1n) is 16.3. The van der Waals surface area contributed by atoms with Crippen LogP contribution < -0.4 is 4.90 Å². The van der Waals surface area contributed by atoms with Gasteiger partial charge >= 0.3 is 0 Å². The second kappa shape index (κ2) is 10.6. The molecule has 2 heteroatoms. The quantitative estimate of drug-likeness (QED) is 0.195. The van der Waals surface area contributed by atoms with Crippen LogP contribution in [0.4, 0.5) is 17.1 Å². The average Bonchev–Trinajstić information content (AvgIpc) is 3.61. The van der Waals surface area contributed by atoms with Crippen LogP contribution in [0.25, 0.3) is 55.3 Å². The Labute approximate surface area is 275 Å². The van der Waals surface area contributed by atoms with E-state index in [1.54, 1.807) is 0 Å². The van der Waals surface area contributed by atoms with Crippen LogP contribution in [0.15, 0.2) is 168 Å². The van der Waals surface area contributed by atoms with E-state index in [0.717, 1.165) is 39.0 Å². The molecule has 224 valence electrons. The molecular weight excluding hydrogens is 571 g/mol. The first-order chi connectivity index (χ1) is 23.0. The van der Waals surface area contributed by atoms with Crippen molar-refractivity contribution in [2.24, 2.45) is 0 Å². The fourth-order valence-electron chi connectivity index (χ4n) is 7.41. The van der Waals surface area contributed by atoms with Crippen molar-refractivity contribution < 1.29 is 4.42 Å². The normalized spacial score (nSPS) is 13.1. The summed E-state index contributed by atoms with van der Waals surface area (Å²) >= 11 is 0. The molecule has 0 bridgehead atoms. The molecule has 47 heavy (non-hydrogen) atoms. The summed E-state index contributed by atoms with van der Waals surface area (Å²) in [7, 11) is 0. The van der Waals surface area contributed by atoms with Gasteiger partial charge in [0, 0.05) is 33.2 Å². The fourth-order valence-corrected chi connectivity index (χ4v) is 7.41. The van der Waals surface area contributed by atoms with Crippen molar-refractivity contribution in [1.29, 1.82) is 0 Å². The van der Waals surface area contributed by atoms with E-state index < -0.39 is 0 Å². The Hall–Kier alpha value is -5.86. The maximum Gasteiger partial charge on any atom is 0.135 e. The highest BCUT2D eigenvalue weighted by Crippen LogP contribution is 2.51. The van der Waals surface area contributed by atoms with Crippen molar-refractivity contribution in [3.05, 3.63) is 175 Å². The minimum atomic E-state index is -0.131. The summed E-state index contributed by atoms with van der Waals surface area (Å²) in [6.07, 6.45) is 0. The third-order valence-corrected chi connectivity index (χ3v) is 9.87. The molecule has 0 atom stereocenters. The van der Waals surface area contributed by atoms with Crippen LogP contribution >= 0.6 is 0 Å². The largest absolute Gasteiger partial charge is 0.456 e. The number of rotatable bonds is 5. The maximum atomic E-state index is 6.08. The van der Waals surface area contributed by atoms with Gasteiger partial charge in [-0.1, -0.05) is 117 Å². The Morgan fingerprint density at radius 1 is 0.404 bits per heavy atom. The van der Waals surface area contributed by atoms with Gasteiger partial charge in [-0.3, -0.25) is 0 Å². The first-order valence-corrected chi connectivity index (χ1v) is 16.3. The second-order valence-corrected chi connectivity index (χ2v) is 13.0. The summed E-state index contributed by atoms with van der Waals surface area (Å²) in [5.74, 6) is 0. The van der Waals surface area contributed by atoms with Gasteiger partial charge in [0.2, 0.25) is 0 Å². The van der Waals surface area contributed by atoms with E-state index in [9.17, 15) is 0 Å². The Bertz CT molecular complexity index is 2420. The van der Waals surface area contributed by atoms with Crippen molar-refractivity contribution in [1.82, 2.24) is 0 Å². The molecule has 0 saturated heterocycles. The van der Waals surface area contributed by atoms with E-state index in [1.165, 1.54) is 44.5 Å². The van der Waals surface area contributed by atoms with Crippen molar-refractivity contribution in [3.63, 3.8) is 0 Å². The summed E-state index contributed by atoms with van der Waals surface area (Å²) in [5, 5.41) is 2.29. The van der Waals surface area contributed by atoms with E-state index >= 15 is 0 Å². The van der Waals surface area contributed by atoms with Crippen LogP contribution in [0.3, 0.4) is 0 Å². The summed E-state index contributed by atoms with van der Waals surface area (Å²) in [4.78, 5) is 2.37. The molecule has 1 aromatic heterocycles. The van der Waals surface area contributed by atoms with Crippen LogP contribution in [-0.2, 0) is 5.41 Å². The monoisotopic (exact) mass is 603 g/mol. The lowest BCUT2D eigenvalue weighted by atomic mass is 9.81. The molecule has 0 N–H and O–H groups in total. The molecule has 0 amide bonds. The lowest BCUT2D eigenvalue weighted by molar-refractivity contribution is 0.660. The number of anilines is 3. The number of para-hydroxylation sites is 2. The van der Waals surface area contributed by atoms with Crippen molar-refractivity contribution in [2.45, 2.75) is 19.3 Å². The van der Waals surface area contributed by atoms with Gasteiger partial charge in [-0.05, 0) is 105 Å². The zero-order chi connectivity index (χ0) is 31.5. The van der Waals surface area contributed by atoms with E-state index in [0.29, 0.717) is 0 Å². The van der Waals surface area contributed by atoms with Gasteiger partial charge in [0.25, 0.3) is 0 Å². The van der Waals surface area contributed by atoms with E-state index in [-0.39, 0.29) is 5.41 Å². The molecule has 1 aliphatic rings. The molecule has 0 spiro atoms. The Balaban J connectivity index is 1.11. The third-order valence-electron chi connectivity index (χ3n) is 9.87. The third kappa shape index (κ3) is 4.48. The lowest BCUT2D eigenvalue weighted by Crippen LogP contribution is -2.16. The summed E-state index contributed by atoms with van der Waals surface area (Å²) < 4.78 is 6.08. The van der Waals surface area contributed by atoms with Crippen LogP contribution in [0, 0.1) is 0 Å². The molecule has 1 heterocycles. The molecule has 0 fully saturated rings. The second-order valence-electron chi connectivity index (χ2n) is 13.0. The van der Waals surface area contributed by atoms with Gasteiger partial charge in [-0.15, -0.1) is 0 Å². The van der Waals surface area contributed by atoms with Crippen LogP contribution in [0.5, 0.6) is 0 Å². The number of hydrogen-bond donors (Lipinski definition) is 0. The Morgan fingerprint density at radius 2 is 0.936 bits per heavy atom. The Kier molecular flexibility index (Phi) is 6.20.